The van der Waals surface area contributed by atoms with Crippen LogP contribution in [0.4, 0.5) is 0 Å². The van der Waals surface area contributed by atoms with E-state index < -0.39 is 7.60 Å². The van der Waals surface area contributed by atoms with Crippen LogP contribution in [-0.2, 0) is 31.5 Å². The van der Waals surface area contributed by atoms with E-state index in [4.69, 9.17) is 13.9 Å². The molecule has 2 rings (SSSR count). The highest BCUT2D eigenvalue weighted by Gasteiger charge is 2.27. The van der Waals surface area contributed by atoms with Gasteiger partial charge in [-0.25, -0.2) is 0 Å². The van der Waals surface area contributed by atoms with E-state index in [0.717, 1.165) is 50.8 Å². The largest absolute Gasteiger partial charge is 0.361 e. The Morgan fingerprint density at radius 2 is 0.714 bits per heavy atom. The maximum absolute atomic E-state index is 14.4. The molecule has 56 heavy (non-hydrogen) atoms. The molecule has 0 aliphatic rings. The Balaban J connectivity index is 1.89. The van der Waals surface area contributed by atoms with Crippen molar-refractivity contribution in [3.63, 3.8) is 0 Å². The summed E-state index contributed by atoms with van der Waals surface area (Å²) in [4.78, 5) is 6.39. The Bertz CT molecular complexity index is 1130. The SMILES string of the molecule is CCCCCCCCCCCCON(Cc1ccccc1)Cc1ccc(P(=O)(OCCCCCCCCCCCC)OCCCCCCCCCCCC)cc1. The standard InChI is InChI=1S/C50H88NO4P/c1-4-7-10-13-16-19-22-25-28-34-43-53-51(46-48-37-32-31-33-38-48)47-49-39-41-50(42-40-49)56(52,54-44-35-29-26-23-20-17-14-11-8-5-2)55-45-36-30-27-24-21-18-15-12-9-6-3/h31-33,37-42H,4-30,34-36,43-47H2,1-3H3. The lowest BCUT2D eigenvalue weighted by molar-refractivity contribution is -0.175. The summed E-state index contributed by atoms with van der Waals surface area (Å²) < 4.78 is 26.8. The Morgan fingerprint density at radius 1 is 0.393 bits per heavy atom. The first-order chi connectivity index (χ1) is 27.6. The van der Waals surface area contributed by atoms with Gasteiger partial charge in [0.1, 0.15) is 0 Å². The molecule has 0 saturated heterocycles. The van der Waals surface area contributed by atoms with Gasteiger partial charge >= 0.3 is 7.60 Å². The van der Waals surface area contributed by atoms with Gasteiger partial charge in [-0.05, 0) is 42.5 Å². The third kappa shape index (κ3) is 27.2. The molecular formula is C50H88NO4P. The molecule has 2 aromatic rings. The monoisotopic (exact) mass is 798 g/mol. The zero-order valence-corrected chi connectivity index (χ0v) is 37.9. The summed E-state index contributed by atoms with van der Waals surface area (Å²) in [5.74, 6) is 0. The maximum atomic E-state index is 14.4. The third-order valence-corrected chi connectivity index (χ3v) is 13.1. The van der Waals surface area contributed by atoms with Crippen LogP contribution in [0.5, 0.6) is 0 Å². The Kier molecular flexibility index (Phi) is 33.1. The minimum atomic E-state index is -3.42. The van der Waals surface area contributed by atoms with E-state index >= 15 is 0 Å². The van der Waals surface area contributed by atoms with Crippen LogP contribution in [0.1, 0.15) is 225 Å². The van der Waals surface area contributed by atoms with Crippen molar-refractivity contribution in [2.75, 3.05) is 19.8 Å². The van der Waals surface area contributed by atoms with Crippen LogP contribution >= 0.6 is 7.60 Å². The molecule has 0 fully saturated rings. The van der Waals surface area contributed by atoms with Gasteiger partial charge in [0.05, 0.1) is 25.1 Å². The predicted molar refractivity (Wildman–Crippen MR) is 243 cm³/mol. The van der Waals surface area contributed by atoms with Crippen LogP contribution in [0.2, 0.25) is 0 Å². The Morgan fingerprint density at radius 3 is 1.09 bits per heavy atom. The Hall–Kier alpha value is -1.49. The number of nitrogens with zero attached hydrogens (tertiary/aromatic N) is 1. The molecule has 322 valence electrons. The molecule has 5 nitrogen and oxygen atoms in total. The molecule has 0 saturated carbocycles. The molecule has 0 aliphatic carbocycles. The van der Waals surface area contributed by atoms with E-state index in [9.17, 15) is 4.57 Å². The Labute approximate surface area is 347 Å². The summed E-state index contributed by atoms with van der Waals surface area (Å²) in [6.45, 7) is 9.91. The van der Waals surface area contributed by atoms with Gasteiger partial charge < -0.3 is 9.05 Å². The van der Waals surface area contributed by atoms with Crippen LogP contribution in [0.25, 0.3) is 0 Å². The molecule has 0 bridgehead atoms. The molecule has 2 aromatic carbocycles. The first-order valence-corrected chi connectivity index (χ1v) is 25.6. The zero-order valence-electron chi connectivity index (χ0n) is 37.0. The predicted octanol–water partition coefficient (Wildman–Crippen LogP) is 16.2. The summed E-state index contributed by atoms with van der Waals surface area (Å²) in [5.41, 5.74) is 2.36. The van der Waals surface area contributed by atoms with Gasteiger partial charge in [0.25, 0.3) is 0 Å². The molecule has 0 radical (unpaired) electrons. The first kappa shape index (κ1) is 50.7. The molecule has 0 atom stereocenters. The lowest BCUT2D eigenvalue weighted by Crippen LogP contribution is -2.24. The molecule has 0 aliphatic heterocycles. The summed E-state index contributed by atoms with van der Waals surface area (Å²) in [7, 11) is -3.42. The maximum Gasteiger partial charge on any atom is 0.361 e. The van der Waals surface area contributed by atoms with E-state index in [1.165, 1.54) is 166 Å². The second-order valence-electron chi connectivity index (χ2n) is 16.5. The van der Waals surface area contributed by atoms with Crippen molar-refractivity contribution >= 4 is 12.9 Å². The quantitative estimate of drug-likeness (QED) is 0.0381. The number of hydrogen-bond donors (Lipinski definition) is 0. The summed E-state index contributed by atoms with van der Waals surface area (Å²) in [5, 5.41) is 2.75. The first-order valence-electron chi connectivity index (χ1n) is 24.0. The van der Waals surface area contributed by atoms with E-state index in [1.807, 2.05) is 12.1 Å². The van der Waals surface area contributed by atoms with Gasteiger partial charge in [-0.2, -0.15) is 5.06 Å². The molecular weight excluding hydrogens is 710 g/mol. The summed E-state index contributed by atoms with van der Waals surface area (Å²) >= 11 is 0. The van der Waals surface area contributed by atoms with Crippen molar-refractivity contribution in [2.24, 2.45) is 0 Å². The molecule has 0 amide bonds. The van der Waals surface area contributed by atoms with Crippen LogP contribution in [-0.4, -0.2) is 24.9 Å². The zero-order chi connectivity index (χ0) is 40.0. The lowest BCUT2D eigenvalue weighted by Gasteiger charge is -2.23. The summed E-state index contributed by atoms with van der Waals surface area (Å²) in [6.07, 6.45) is 38.4. The van der Waals surface area contributed by atoms with Crippen molar-refractivity contribution in [2.45, 2.75) is 226 Å². The van der Waals surface area contributed by atoms with Crippen molar-refractivity contribution in [1.82, 2.24) is 5.06 Å². The van der Waals surface area contributed by atoms with Crippen molar-refractivity contribution in [3.05, 3.63) is 65.7 Å². The second-order valence-corrected chi connectivity index (χ2v) is 18.5. The van der Waals surface area contributed by atoms with Crippen molar-refractivity contribution in [1.29, 1.82) is 0 Å². The van der Waals surface area contributed by atoms with E-state index in [1.54, 1.807) is 0 Å². The smallest absolute Gasteiger partial charge is 0.305 e. The fourth-order valence-corrected chi connectivity index (χ4v) is 9.07. The molecule has 0 unspecified atom stereocenters. The normalized spacial score (nSPS) is 11.9. The third-order valence-electron chi connectivity index (χ3n) is 11.1. The van der Waals surface area contributed by atoms with Crippen molar-refractivity contribution in [3.8, 4) is 0 Å². The number of unbranched alkanes of at least 4 members (excludes halogenated alkanes) is 27. The molecule has 0 N–H and O–H groups in total. The van der Waals surface area contributed by atoms with Gasteiger partial charge in [0.2, 0.25) is 0 Å². The lowest BCUT2D eigenvalue weighted by atomic mass is 10.1. The average Bonchev–Trinajstić information content (AvgIpc) is 3.21. The van der Waals surface area contributed by atoms with Gasteiger partial charge in [-0.3, -0.25) is 9.40 Å². The van der Waals surface area contributed by atoms with Crippen LogP contribution < -0.4 is 5.30 Å². The molecule has 0 heterocycles. The van der Waals surface area contributed by atoms with Crippen LogP contribution in [0.3, 0.4) is 0 Å². The number of hydrogen-bond acceptors (Lipinski definition) is 5. The minimum absolute atomic E-state index is 0.477. The van der Waals surface area contributed by atoms with Crippen LogP contribution in [0.15, 0.2) is 54.6 Å². The fraction of sp³-hybridized carbons (Fsp3) is 0.760. The highest BCUT2D eigenvalue weighted by Crippen LogP contribution is 2.47. The number of hydroxylamine groups is 2. The minimum Gasteiger partial charge on any atom is -0.305 e. The van der Waals surface area contributed by atoms with Gasteiger partial charge in [-0.1, -0.05) is 237 Å². The summed E-state index contributed by atoms with van der Waals surface area (Å²) in [6, 6.07) is 18.7. The highest BCUT2D eigenvalue weighted by molar-refractivity contribution is 7.62. The van der Waals surface area contributed by atoms with Gasteiger partial charge in [-0.15, -0.1) is 0 Å². The van der Waals surface area contributed by atoms with Gasteiger partial charge in [0.15, 0.2) is 0 Å². The topological polar surface area (TPSA) is 48.0 Å². The highest BCUT2D eigenvalue weighted by atomic mass is 31.2. The van der Waals surface area contributed by atoms with E-state index in [2.05, 4.69) is 68.3 Å². The average molecular weight is 798 g/mol. The molecule has 0 spiro atoms. The van der Waals surface area contributed by atoms with E-state index in [0.29, 0.717) is 25.1 Å². The van der Waals surface area contributed by atoms with E-state index in [-0.39, 0.29) is 0 Å². The molecule has 0 aromatic heterocycles. The molecule has 6 heteroatoms. The van der Waals surface area contributed by atoms with Crippen molar-refractivity contribution < 1.29 is 18.5 Å². The fourth-order valence-electron chi connectivity index (χ4n) is 7.44. The number of rotatable bonds is 41. The second kappa shape index (κ2) is 36.6. The number of benzene rings is 2. The van der Waals surface area contributed by atoms with Crippen LogP contribution in [0, 0.1) is 0 Å². The van der Waals surface area contributed by atoms with Gasteiger partial charge in [0, 0.05) is 13.1 Å².